The van der Waals surface area contributed by atoms with E-state index >= 15 is 0 Å². The summed E-state index contributed by atoms with van der Waals surface area (Å²) in [5.74, 6) is 0.184. The topological polar surface area (TPSA) is 64.6 Å². The first-order valence-electron chi connectivity index (χ1n) is 9.77. The highest BCUT2D eigenvalue weighted by Gasteiger charge is 2.18. The number of rotatable bonds is 5. The van der Waals surface area contributed by atoms with Crippen molar-refractivity contribution in [2.45, 2.75) is 33.3 Å². The van der Waals surface area contributed by atoms with Crippen LogP contribution >= 0.6 is 0 Å². The molecule has 1 unspecified atom stereocenters. The molecule has 1 N–H and O–H groups in total. The fourth-order valence-electron chi connectivity index (χ4n) is 3.11. The molecule has 0 spiro atoms. The van der Waals surface area contributed by atoms with Crippen LogP contribution in [-0.2, 0) is 9.53 Å². The number of hydrogen-bond donors (Lipinski definition) is 1. The summed E-state index contributed by atoms with van der Waals surface area (Å²) in [6, 6.07) is 14.8. The summed E-state index contributed by atoms with van der Waals surface area (Å²) >= 11 is 0. The molecule has 0 saturated heterocycles. The smallest absolute Gasteiger partial charge is 0.426 e. The van der Waals surface area contributed by atoms with Gasteiger partial charge in [0.15, 0.2) is 0 Å². The van der Waals surface area contributed by atoms with E-state index in [-0.39, 0.29) is 12.0 Å². The molecule has 5 heteroatoms. The Balaban J connectivity index is 1.56. The molecule has 0 radical (unpaired) electrons. The molecule has 0 bridgehead atoms. The molecule has 2 aromatic rings. The standard InChI is InChI=1S/C25H25NO4/c1-17-4-6-20(7-5-17)8-9-21-14-18(2)15-24(16-21)30-25(28)29-23-12-10-22(11-13-23)26-19(3)27/h4-15,24H,16H2,1-3H3,(H,26,27). The number of carbonyl (C=O) groups excluding carboxylic acids is 2. The minimum atomic E-state index is -0.764. The molecule has 3 rings (SSSR count). The average molecular weight is 403 g/mol. The Morgan fingerprint density at radius 2 is 1.70 bits per heavy atom. The Morgan fingerprint density at radius 1 is 1.00 bits per heavy atom. The highest BCUT2D eigenvalue weighted by atomic mass is 16.7. The van der Waals surface area contributed by atoms with Crippen LogP contribution in [0, 0.1) is 6.92 Å². The Hall–Kier alpha value is -3.60. The van der Waals surface area contributed by atoms with Crippen LogP contribution < -0.4 is 10.1 Å². The van der Waals surface area contributed by atoms with Gasteiger partial charge in [0.2, 0.25) is 5.91 Å². The first-order valence-corrected chi connectivity index (χ1v) is 9.77. The van der Waals surface area contributed by atoms with Crippen molar-refractivity contribution >= 4 is 23.8 Å². The zero-order valence-corrected chi connectivity index (χ0v) is 17.3. The van der Waals surface area contributed by atoms with Crippen LogP contribution in [-0.4, -0.2) is 18.2 Å². The number of allylic oxidation sites excluding steroid dienone is 3. The molecule has 1 atom stereocenters. The largest absolute Gasteiger partial charge is 0.514 e. The van der Waals surface area contributed by atoms with E-state index in [0.29, 0.717) is 17.9 Å². The molecule has 1 aliphatic carbocycles. The minimum Gasteiger partial charge on any atom is -0.426 e. The zero-order chi connectivity index (χ0) is 21.5. The molecule has 0 saturated carbocycles. The molecule has 0 heterocycles. The van der Waals surface area contributed by atoms with Crippen LogP contribution in [0.5, 0.6) is 5.75 Å². The second kappa shape index (κ2) is 9.74. The van der Waals surface area contributed by atoms with Gasteiger partial charge < -0.3 is 14.8 Å². The number of benzene rings is 2. The fraction of sp³-hybridized carbons (Fsp3) is 0.200. The molecule has 30 heavy (non-hydrogen) atoms. The molecule has 1 aliphatic rings. The summed E-state index contributed by atoms with van der Waals surface area (Å²) in [6.45, 7) is 5.46. The second-order valence-electron chi connectivity index (χ2n) is 7.29. The molecule has 1 amide bonds. The van der Waals surface area contributed by atoms with E-state index in [1.54, 1.807) is 24.3 Å². The van der Waals surface area contributed by atoms with Crippen molar-refractivity contribution in [3.05, 3.63) is 89.0 Å². The monoisotopic (exact) mass is 403 g/mol. The third kappa shape index (κ3) is 6.48. The van der Waals surface area contributed by atoms with Crippen LogP contribution in [0.3, 0.4) is 0 Å². The van der Waals surface area contributed by atoms with Crippen LogP contribution in [0.25, 0.3) is 6.08 Å². The maximum absolute atomic E-state index is 12.2. The van der Waals surface area contributed by atoms with Crippen LogP contribution in [0.4, 0.5) is 10.5 Å². The van der Waals surface area contributed by atoms with Crippen molar-refractivity contribution in [2.75, 3.05) is 5.32 Å². The van der Waals surface area contributed by atoms with Crippen molar-refractivity contribution in [1.82, 2.24) is 0 Å². The average Bonchev–Trinajstić information content (AvgIpc) is 2.68. The van der Waals surface area contributed by atoms with Gasteiger partial charge >= 0.3 is 6.16 Å². The maximum atomic E-state index is 12.2. The maximum Gasteiger partial charge on any atom is 0.514 e. The summed E-state index contributed by atoms with van der Waals surface area (Å²) < 4.78 is 10.7. The Morgan fingerprint density at radius 3 is 2.37 bits per heavy atom. The number of anilines is 1. The normalized spacial score (nSPS) is 15.9. The van der Waals surface area contributed by atoms with Gasteiger partial charge in [0, 0.05) is 19.0 Å². The predicted octanol–water partition coefficient (Wildman–Crippen LogP) is 5.83. The second-order valence-corrected chi connectivity index (χ2v) is 7.29. The molecule has 0 aromatic heterocycles. The molecular formula is C25H25NO4. The van der Waals surface area contributed by atoms with Crippen LogP contribution in [0.15, 0.2) is 77.9 Å². The van der Waals surface area contributed by atoms with Gasteiger partial charge in [0.1, 0.15) is 11.9 Å². The van der Waals surface area contributed by atoms with E-state index in [9.17, 15) is 9.59 Å². The van der Waals surface area contributed by atoms with Gasteiger partial charge in [0.25, 0.3) is 0 Å². The number of hydrogen-bond acceptors (Lipinski definition) is 4. The summed E-state index contributed by atoms with van der Waals surface area (Å²) in [6.07, 6.45) is 7.51. The van der Waals surface area contributed by atoms with Gasteiger partial charge in [-0.25, -0.2) is 4.79 Å². The van der Waals surface area contributed by atoms with Gasteiger partial charge in [-0.05, 0) is 55.3 Å². The first-order chi connectivity index (χ1) is 14.4. The molecule has 0 fully saturated rings. The number of ether oxygens (including phenoxy) is 2. The molecule has 2 aromatic carbocycles. The Kier molecular flexibility index (Phi) is 6.86. The van der Waals surface area contributed by atoms with Gasteiger partial charge in [-0.2, -0.15) is 0 Å². The van der Waals surface area contributed by atoms with Crippen LogP contribution in [0.2, 0.25) is 0 Å². The van der Waals surface area contributed by atoms with E-state index < -0.39 is 6.16 Å². The van der Waals surface area contributed by atoms with Crippen molar-refractivity contribution in [3.63, 3.8) is 0 Å². The quantitative estimate of drug-likeness (QED) is 0.504. The summed E-state index contributed by atoms with van der Waals surface area (Å²) in [7, 11) is 0. The van der Waals surface area contributed by atoms with Crippen molar-refractivity contribution < 1.29 is 19.1 Å². The van der Waals surface area contributed by atoms with E-state index in [1.807, 2.05) is 19.1 Å². The predicted molar refractivity (Wildman–Crippen MR) is 118 cm³/mol. The molecule has 154 valence electrons. The van der Waals surface area contributed by atoms with E-state index in [4.69, 9.17) is 9.47 Å². The molecular weight excluding hydrogens is 378 g/mol. The van der Waals surface area contributed by atoms with Gasteiger partial charge in [0.05, 0.1) is 0 Å². The lowest BCUT2D eigenvalue weighted by atomic mass is 9.97. The first kappa shape index (κ1) is 21.1. The zero-order valence-electron chi connectivity index (χ0n) is 17.3. The number of carbonyl (C=O) groups is 2. The lowest BCUT2D eigenvalue weighted by Gasteiger charge is -2.19. The third-order valence-corrected chi connectivity index (χ3v) is 4.49. The van der Waals surface area contributed by atoms with Crippen molar-refractivity contribution in [1.29, 1.82) is 0 Å². The SMILES string of the molecule is CC(=O)Nc1ccc(OC(=O)OC2C=C(C)C=C(C=Cc3ccc(C)cc3)C2)cc1. The highest BCUT2D eigenvalue weighted by Crippen LogP contribution is 2.23. The van der Waals surface area contributed by atoms with Crippen molar-refractivity contribution in [3.8, 4) is 5.75 Å². The minimum absolute atomic E-state index is 0.164. The summed E-state index contributed by atoms with van der Waals surface area (Å²) in [5.41, 5.74) is 5.08. The van der Waals surface area contributed by atoms with Gasteiger partial charge in [-0.15, -0.1) is 0 Å². The number of aryl methyl sites for hydroxylation is 1. The third-order valence-electron chi connectivity index (χ3n) is 4.49. The van der Waals surface area contributed by atoms with E-state index in [2.05, 4.69) is 48.7 Å². The van der Waals surface area contributed by atoms with Gasteiger partial charge in [-0.1, -0.05) is 53.6 Å². The number of nitrogens with one attached hydrogen (secondary N) is 1. The lowest BCUT2D eigenvalue weighted by Crippen LogP contribution is -2.21. The van der Waals surface area contributed by atoms with Gasteiger partial charge in [-0.3, -0.25) is 4.79 Å². The van der Waals surface area contributed by atoms with Crippen molar-refractivity contribution in [2.24, 2.45) is 0 Å². The van der Waals surface area contributed by atoms with E-state index in [1.165, 1.54) is 12.5 Å². The summed E-state index contributed by atoms with van der Waals surface area (Å²) in [4.78, 5) is 23.2. The van der Waals surface area contributed by atoms with E-state index in [0.717, 1.165) is 16.7 Å². The molecule has 5 nitrogen and oxygen atoms in total. The summed E-state index contributed by atoms with van der Waals surface area (Å²) in [5, 5.41) is 2.66. The number of amides is 1. The Bertz CT molecular complexity index is 998. The van der Waals surface area contributed by atoms with Crippen LogP contribution in [0.1, 0.15) is 31.4 Å². The fourth-order valence-corrected chi connectivity index (χ4v) is 3.11. The lowest BCUT2D eigenvalue weighted by molar-refractivity contribution is -0.114. The Labute approximate surface area is 176 Å². The molecule has 0 aliphatic heterocycles. The highest BCUT2D eigenvalue weighted by molar-refractivity contribution is 5.88.